The molecule has 1 saturated heterocycles. The van der Waals surface area contributed by atoms with Gasteiger partial charge in [-0.1, -0.05) is 35.9 Å². The fraction of sp³-hybridized carbons (Fsp3) is 0.259. The van der Waals surface area contributed by atoms with Gasteiger partial charge in [-0.05, 0) is 80.6 Å². The molecule has 7 heteroatoms. The number of halogens is 1. The summed E-state index contributed by atoms with van der Waals surface area (Å²) in [5.41, 5.74) is 5.44. The molecule has 0 aromatic heterocycles. The van der Waals surface area contributed by atoms with E-state index in [0.29, 0.717) is 22.0 Å². The van der Waals surface area contributed by atoms with Crippen LogP contribution in [0, 0.1) is 13.8 Å². The Morgan fingerprint density at radius 3 is 2.32 bits per heavy atom. The second-order valence-electron chi connectivity index (χ2n) is 8.54. The lowest BCUT2D eigenvalue weighted by molar-refractivity contribution is 0.102. The number of hydrogen-bond acceptors (Lipinski definition) is 3. The molecule has 3 aromatic carbocycles. The number of aryl methyl sites for hydroxylation is 1. The minimum Gasteiger partial charge on any atom is -0.370 e. The summed E-state index contributed by atoms with van der Waals surface area (Å²) in [5, 5.41) is 9.23. The Kier molecular flexibility index (Phi) is 7.38. The normalized spacial score (nSPS) is 13.3. The smallest absolute Gasteiger partial charge is 0.323 e. The summed E-state index contributed by atoms with van der Waals surface area (Å²) in [5.74, 6) is -0.304. The number of urea groups is 1. The van der Waals surface area contributed by atoms with Crippen LogP contribution >= 0.6 is 11.6 Å². The van der Waals surface area contributed by atoms with Crippen LogP contribution in [0.2, 0.25) is 5.02 Å². The molecule has 176 valence electrons. The molecule has 1 aliphatic heterocycles. The molecule has 0 aliphatic carbocycles. The van der Waals surface area contributed by atoms with Gasteiger partial charge in [0, 0.05) is 24.5 Å². The quantitative estimate of drug-likeness (QED) is 0.377. The fourth-order valence-corrected chi connectivity index (χ4v) is 4.35. The summed E-state index contributed by atoms with van der Waals surface area (Å²) in [6, 6.07) is 18.0. The first-order valence-corrected chi connectivity index (χ1v) is 11.9. The maximum atomic E-state index is 12.9. The van der Waals surface area contributed by atoms with Crippen molar-refractivity contribution in [2.24, 2.45) is 0 Å². The van der Waals surface area contributed by atoms with Crippen molar-refractivity contribution in [2.45, 2.75) is 33.1 Å². The van der Waals surface area contributed by atoms with Gasteiger partial charge in [-0.2, -0.15) is 0 Å². The standard InChI is InChI=1S/C27H29ClN4O2/c1-18-9-8-12-23(19(18)2)30-27(34)31-24-17-20(13-14-25(24)32-15-6-3-7-16-32)29-26(33)21-10-4-5-11-22(21)28/h4-5,8-14,17H,3,6-7,15-16H2,1-2H3,(H,29,33)(H2,30,31,34). The van der Waals surface area contributed by atoms with Crippen molar-refractivity contribution in [3.63, 3.8) is 0 Å². The average molecular weight is 477 g/mol. The van der Waals surface area contributed by atoms with Crippen LogP contribution in [0.15, 0.2) is 60.7 Å². The number of nitrogens with one attached hydrogen (secondary N) is 3. The Bertz CT molecular complexity index is 1200. The molecular formula is C27H29ClN4O2. The van der Waals surface area contributed by atoms with Crippen molar-refractivity contribution >= 4 is 46.3 Å². The van der Waals surface area contributed by atoms with E-state index in [4.69, 9.17) is 11.6 Å². The molecule has 0 spiro atoms. The Balaban J connectivity index is 1.58. The Morgan fingerprint density at radius 1 is 0.824 bits per heavy atom. The number of carbonyl (C=O) groups excluding carboxylic acids is 2. The van der Waals surface area contributed by atoms with Crippen LogP contribution in [0.25, 0.3) is 0 Å². The van der Waals surface area contributed by atoms with Gasteiger partial charge in [0.2, 0.25) is 0 Å². The van der Waals surface area contributed by atoms with E-state index >= 15 is 0 Å². The lowest BCUT2D eigenvalue weighted by atomic mass is 10.1. The van der Waals surface area contributed by atoms with E-state index in [-0.39, 0.29) is 11.9 Å². The molecule has 0 radical (unpaired) electrons. The van der Waals surface area contributed by atoms with Crippen molar-refractivity contribution < 1.29 is 9.59 Å². The molecule has 0 bridgehead atoms. The summed E-state index contributed by atoms with van der Waals surface area (Å²) in [4.78, 5) is 28.0. The van der Waals surface area contributed by atoms with Crippen LogP contribution in [0.5, 0.6) is 0 Å². The van der Waals surface area contributed by atoms with Crippen LogP contribution in [0.4, 0.5) is 27.5 Å². The van der Waals surface area contributed by atoms with Crippen LogP contribution in [-0.2, 0) is 0 Å². The van der Waals surface area contributed by atoms with E-state index in [2.05, 4.69) is 20.9 Å². The molecule has 6 nitrogen and oxygen atoms in total. The lowest BCUT2D eigenvalue weighted by Gasteiger charge is -2.31. The van der Waals surface area contributed by atoms with E-state index in [1.165, 1.54) is 6.42 Å². The molecule has 4 rings (SSSR count). The van der Waals surface area contributed by atoms with E-state index in [0.717, 1.165) is 48.4 Å². The topological polar surface area (TPSA) is 73.5 Å². The molecule has 34 heavy (non-hydrogen) atoms. The highest BCUT2D eigenvalue weighted by Gasteiger charge is 2.18. The average Bonchev–Trinajstić information content (AvgIpc) is 2.83. The second kappa shape index (κ2) is 10.6. The number of benzene rings is 3. The van der Waals surface area contributed by atoms with Crippen molar-refractivity contribution in [3.8, 4) is 0 Å². The van der Waals surface area contributed by atoms with Crippen LogP contribution < -0.4 is 20.9 Å². The van der Waals surface area contributed by atoms with E-state index in [1.807, 2.05) is 44.2 Å². The van der Waals surface area contributed by atoms with Crippen LogP contribution in [0.3, 0.4) is 0 Å². The van der Waals surface area contributed by atoms with Gasteiger partial charge in [-0.25, -0.2) is 4.79 Å². The zero-order valence-corrected chi connectivity index (χ0v) is 20.2. The number of hydrogen-bond donors (Lipinski definition) is 3. The number of amides is 3. The number of anilines is 4. The second-order valence-corrected chi connectivity index (χ2v) is 8.95. The number of carbonyl (C=O) groups is 2. The van der Waals surface area contributed by atoms with Gasteiger partial charge in [0.05, 0.1) is 22.0 Å². The molecular weight excluding hydrogens is 448 g/mol. The molecule has 0 saturated carbocycles. The first-order valence-electron chi connectivity index (χ1n) is 11.5. The third-order valence-electron chi connectivity index (χ3n) is 6.17. The fourth-order valence-electron chi connectivity index (χ4n) is 4.13. The Hall–Kier alpha value is -3.51. The minimum atomic E-state index is -0.332. The summed E-state index contributed by atoms with van der Waals surface area (Å²) < 4.78 is 0. The van der Waals surface area contributed by atoms with Gasteiger partial charge < -0.3 is 20.9 Å². The van der Waals surface area contributed by atoms with Crippen LogP contribution in [-0.4, -0.2) is 25.0 Å². The first kappa shape index (κ1) is 23.6. The van der Waals surface area contributed by atoms with E-state index in [9.17, 15) is 9.59 Å². The SMILES string of the molecule is Cc1cccc(NC(=O)Nc2cc(NC(=O)c3ccccc3Cl)ccc2N2CCCCC2)c1C. The highest BCUT2D eigenvalue weighted by atomic mass is 35.5. The summed E-state index contributed by atoms with van der Waals surface area (Å²) >= 11 is 6.18. The highest BCUT2D eigenvalue weighted by Crippen LogP contribution is 2.32. The predicted molar refractivity (Wildman–Crippen MR) is 140 cm³/mol. The van der Waals surface area contributed by atoms with Crippen molar-refractivity contribution in [3.05, 3.63) is 82.4 Å². The van der Waals surface area contributed by atoms with Gasteiger partial charge in [-0.3, -0.25) is 4.79 Å². The molecule has 1 heterocycles. The van der Waals surface area contributed by atoms with Crippen molar-refractivity contribution in [1.82, 2.24) is 0 Å². The van der Waals surface area contributed by atoms with Crippen LogP contribution in [0.1, 0.15) is 40.7 Å². The van der Waals surface area contributed by atoms with Gasteiger partial charge >= 0.3 is 6.03 Å². The number of rotatable bonds is 5. The first-order chi connectivity index (χ1) is 16.4. The highest BCUT2D eigenvalue weighted by molar-refractivity contribution is 6.34. The summed E-state index contributed by atoms with van der Waals surface area (Å²) in [6.07, 6.45) is 3.43. The zero-order valence-electron chi connectivity index (χ0n) is 19.5. The predicted octanol–water partition coefficient (Wildman–Crippen LogP) is 6.84. The van der Waals surface area contributed by atoms with Gasteiger partial charge in [-0.15, -0.1) is 0 Å². The molecule has 3 N–H and O–H groups in total. The molecule has 1 fully saturated rings. The number of nitrogens with zero attached hydrogens (tertiary/aromatic N) is 1. The van der Waals surface area contributed by atoms with E-state index in [1.54, 1.807) is 30.3 Å². The number of piperidine rings is 1. The summed E-state index contributed by atoms with van der Waals surface area (Å²) in [7, 11) is 0. The largest absolute Gasteiger partial charge is 0.370 e. The van der Waals surface area contributed by atoms with Crippen molar-refractivity contribution in [2.75, 3.05) is 33.9 Å². The Morgan fingerprint density at radius 2 is 1.56 bits per heavy atom. The zero-order chi connectivity index (χ0) is 24.1. The van der Waals surface area contributed by atoms with Gasteiger partial charge in [0.15, 0.2) is 0 Å². The monoisotopic (exact) mass is 476 g/mol. The third-order valence-corrected chi connectivity index (χ3v) is 6.50. The minimum absolute atomic E-state index is 0.304. The summed E-state index contributed by atoms with van der Waals surface area (Å²) in [6.45, 7) is 5.85. The van der Waals surface area contributed by atoms with E-state index < -0.39 is 0 Å². The molecule has 3 aromatic rings. The maximum Gasteiger partial charge on any atom is 0.323 e. The van der Waals surface area contributed by atoms with Crippen molar-refractivity contribution in [1.29, 1.82) is 0 Å². The lowest BCUT2D eigenvalue weighted by Crippen LogP contribution is -2.31. The molecule has 0 unspecified atom stereocenters. The maximum absolute atomic E-state index is 12.9. The molecule has 0 atom stereocenters. The Labute approximate surface area is 205 Å². The molecule has 1 aliphatic rings. The molecule has 3 amide bonds. The van der Waals surface area contributed by atoms with Gasteiger partial charge in [0.1, 0.15) is 0 Å². The van der Waals surface area contributed by atoms with Gasteiger partial charge in [0.25, 0.3) is 5.91 Å². The third kappa shape index (κ3) is 5.51.